The van der Waals surface area contributed by atoms with Crippen LogP contribution in [0.5, 0.6) is 5.75 Å². The van der Waals surface area contributed by atoms with E-state index in [1.165, 1.54) is 0 Å². The molecule has 0 bridgehead atoms. The lowest BCUT2D eigenvalue weighted by Crippen LogP contribution is -2.46. The molecule has 1 N–H and O–H groups in total. The van der Waals surface area contributed by atoms with Gasteiger partial charge in [-0.05, 0) is 51.0 Å². The predicted octanol–water partition coefficient (Wildman–Crippen LogP) is 4.44. The zero-order valence-corrected chi connectivity index (χ0v) is 20.9. The summed E-state index contributed by atoms with van der Waals surface area (Å²) in [6.45, 7) is 9.04. The highest BCUT2D eigenvalue weighted by Gasteiger charge is 2.25. The molecule has 0 aliphatic carbocycles. The Bertz CT molecular complexity index is 1110. The molecule has 2 unspecified atom stereocenters. The number of hydrogen-bond acceptors (Lipinski definition) is 4. The van der Waals surface area contributed by atoms with Crippen LogP contribution in [-0.2, 0) is 17.8 Å². The van der Waals surface area contributed by atoms with E-state index in [1.807, 2.05) is 45.9 Å². The molecule has 0 aliphatic heterocycles. The fraction of sp³-hybridized carbons (Fsp3) is 0.444. The van der Waals surface area contributed by atoms with E-state index < -0.39 is 0 Å². The number of nitrogens with zero attached hydrogens (tertiary/aromatic N) is 3. The van der Waals surface area contributed by atoms with Gasteiger partial charge in [-0.3, -0.25) is 9.59 Å². The molecule has 1 heterocycles. The van der Waals surface area contributed by atoms with Crippen LogP contribution >= 0.6 is 0 Å². The monoisotopic (exact) mass is 464 g/mol. The minimum absolute atomic E-state index is 0.0890. The standard InChI is InChI=1S/C27H36N4O3/c1-6-19(3)31(20(4)7-2)26(32)18-30-23-14-10-9-13-22(23)29-25(30)16-17-28-27(33)21-12-8-11-15-24(21)34-5/h8-15,19-20H,6-7,16-18H2,1-5H3,(H,28,33). The molecule has 2 aromatic carbocycles. The molecule has 34 heavy (non-hydrogen) atoms. The first-order valence-electron chi connectivity index (χ1n) is 12.1. The third-order valence-electron chi connectivity index (χ3n) is 6.43. The SMILES string of the molecule is CCC(C)N(C(=O)Cn1c(CCNC(=O)c2ccccc2OC)nc2ccccc21)C(C)CC. The van der Waals surface area contributed by atoms with E-state index in [9.17, 15) is 9.59 Å². The summed E-state index contributed by atoms with van der Waals surface area (Å²) in [7, 11) is 1.55. The van der Waals surface area contributed by atoms with E-state index in [2.05, 4.69) is 33.0 Å². The fourth-order valence-corrected chi connectivity index (χ4v) is 4.24. The van der Waals surface area contributed by atoms with Crippen molar-refractivity contribution in [2.75, 3.05) is 13.7 Å². The van der Waals surface area contributed by atoms with Crippen LogP contribution in [0, 0.1) is 0 Å². The molecule has 2 atom stereocenters. The quantitative estimate of drug-likeness (QED) is 0.455. The predicted molar refractivity (Wildman–Crippen MR) is 135 cm³/mol. The van der Waals surface area contributed by atoms with Gasteiger partial charge in [0.2, 0.25) is 5.91 Å². The topological polar surface area (TPSA) is 76.5 Å². The Labute approximate surface area is 202 Å². The number of fused-ring (bicyclic) bond motifs is 1. The number of nitrogens with one attached hydrogen (secondary N) is 1. The lowest BCUT2D eigenvalue weighted by Gasteiger charge is -2.34. The van der Waals surface area contributed by atoms with Gasteiger partial charge in [0.1, 0.15) is 18.1 Å². The molecule has 0 saturated carbocycles. The Kier molecular flexibility index (Phi) is 8.68. The van der Waals surface area contributed by atoms with Crippen LogP contribution < -0.4 is 10.1 Å². The van der Waals surface area contributed by atoms with Gasteiger partial charge in [0, 0.05) is 25.0 Å². The van der Waals surface area contributed by atoms with Crippen LogP contribution in [-0.4, -0.2) is 52.0 Å². The van der Waals surface area contributed by atoms with Crippen LogP contribution in [0.4, 0.5) is 0 Å². The maximum atomic E-state index is 13.4. The van der Waals surface area contributed by atoms with Gasteiger partial charge in [0.25, 0.3) is 5.91 Å². The summed E-state index contributed by atoms with van der Waals surface area (Å²) in [5, 5.41) is 2.96. The number of carbonyl (C=O) groups is 2. The van der Waals surface area contributed by atoms with Crippen LogP contribution in [0.25, 0.3) is 11.0 Å². The third kappa shape index (κ3) is 5.58. The van der Waals surface area contributed by atoms with Crippen molar-refractivity contribution in [3.63, 3.8) is 0 Å². The number of rotatable bonds is 11. The lowest BCUT2D eigenvalue weighted by molar-refractivity contribution is -0.136. The molecule has 3 rings (SSSR count). The van der Waals surface area contributed by atoms with Crippen molar-refractivity contribution < 1.29 is 14.3 Å². The normalized spacial score (nSPS) is 12.9. The number of methoxy groups -OCH3 is 1. The molecule has 7 heteroatoms. The van der Waals surface area contributed by atoms with Gasteiger partial charge < -0.3 is 19.5 Å². The molecule has 0 saturated heterocycles. The van der Waals surface area contributed by atoms with Crippen LogP contribution in [0.2, 0.25) is 0 Å². The third-order valence-corrected chi connectivity index (χ3v) is 6.43. The van der Waals surface area contributed by atoms with Crippen molar-refractivity contribution in [2.45, 2.75) is 65.6 Å². The van der Waals surface area contributed by atoms with E-state index in [0.29, 0.717) is 24.3 Å². The molecule has 3 aromatic rings. The maximum Gasteiger partial charge on any atom is 0.255 e. The maximum absolute atomic E-state index is 13.4. The minimum atomic E-state index is -0.198. The lowest BCUT2D eigenvalue weighted by atomic mass is 10.1. The zero-order valence-electron chi connectivity index (χ0n) is 20.9. The van der Waals surface area contributed by atoms with Gasteiger partial charge in [-0.15, -0.1) is 0 Å². The Balaban J connectivity index is 1.80. The van der Waals surface area contributed by atoms with Crippen molar-refractivity contribution in [2.24, 2.45) is 0 Å². The molecule has 2 amide bonds. The van der Waals surface area contributed by atoms with Gasteiger partial charge in [-0.25, -0.2) is 4.98 Å². The highest BCUT2D eigenvalue weighted by molar-refractivity contribution is 5.96. The number of para-hydroxylation sites is 3. The summed E-state index contributed by atoms with van der Waals surface area (Å²) in [5.41, 5.74) is 2.27. The number of amides is 2. The van der Waals surface area contributed by atoms with Crippen LogP contribution in [0.15, 0.2) is 48.5 Å². The second-order valence-corrected chi connectivity index (χ2v) is 8.62. The average molecular weight is 465 g/mol. The highest BCUT2D eigenvalue weighted by Crippen LogP contribution is 2.20. The van der Waals surface area contributed by atoms with E-state index >= 15 is 0 Å². The Morgan fingerprint density at radius 2 is 1.68 bits per heavy atom. The summed E-state index contributed by atoms with van der Waals surface area (Å²) < 4.78 is 7.28. The number of aromatic nitrogens is 2. The van der Waals surface area contributed by atoms with E-state index in [-0.39, 0.29) is 30.4 Å². The molecular formula is C27H36N4O3. The Morgan fingerprint density at radius 3 is 2.35 bits per heavy atom. The number of ether oxygens (including phenoxy) is 1. The first kappa shape index (κ1) is 25.3. The summed E-state index contributed by atoms with van der Waals surface area (Å²) >= 11 is 0. The van der Waals surface area contributed by atoms with Crippen molar-refractivity contribution >= 4 is 22.8 Å². The number of hydrogen-bond donors (Lipinski definition) is 1. The fourth-order valence-electron chi connectivity index (χ4n) is 4.24. The molecule has 0 spiro atoms. The molecule has 182 valence electrons. The zero-order chi connectivity index (χ0) is 24.7. The van der Waals surface area contributed by atoms with Crippen molar-refractivity contribution in [1.82, 2.24) is 19.8 Å². The Morgan fingerprint density at radius 1 is 1.03 bits per heavy atom. The number of benzene rings is 2. The number of imidazole rings is 1. The summed E-state index contributed by atoms with van der Waals surface area (Å²) in [6.07, 6.45) is 2.32. The smallest absolute Gasteiger partial charge is 0.255 e. The minimum Gasteiger partial charge on any atom is -0.496 e. The second-order valence-electron chi connectivity index (χ2n) is 8.62. The van der Waals surface area contributed by atoms with Gasteiger partial charge in [0.15, 0.2) is 0 Å². The summed E-state index contributed by atoms with van der Waals surface area (Å²) in [6, 6.07) is 15.3. The van der Waals surface area contributed by atoms with E-state index in [0.717, 1.165) is 29.7 Å². The highest BCUT2D eigenvalue weighted by atomic mass is 16.5. The van der Waals surface area contributed by atoms with E-state index in [4.69, 9.17) is 9.72 Å². The number of carbonyl (C=O) groups excluding carboxylic acids is 2. The molecule has 1 aromatic heterocycles. The molecule has 7 nitrogen and oxygen atoms in total. The first-order valence-corrected chi connectivity index (χ1v) is 12.1. The van der Waals surface area contributed by atoms with Gasteiger partial charge in [-0.2, -0.15) is 0 Å². The van der Waals surface area contributed by atoms with Gasteiger partial charge in [-0.1, -0.05) is 38.1 Å². The van der Waals surface area contributed by atoms with Crippen molar-refractivity contribution in [3.05, 3.63) is 59.9 Å². The van der Waals surface area contributed by atoms with Gasteiger partial charge in [0.05, 0.1) is 23.7 Å². The molecular weight excluding hydrogens is 428 g/mol. The average Bonchev–Trinajstić information content (AvgIpc) is 3.20. The summed E-state index contributed by atoms with van der Waals surface area (Å²) in [5.74, 6) is 1.21. The van der Waals surface area contributed by atoms with Crippen molar-refractivity contribution in [3.8, 4) is 5.75 Å². The van der Waals surface area contributed by atoms with E-state index in [1.54, 1.807) is 19.2 Å². The second kappa shape index (κ2) is 11.7. The van der Waals surface area contributed by atoms with Crippen LogP contribution in [0.3, 0.4) is 0 Å². The molecule has 0 radical (unpaired) electrons. The first-order chi connectivity index (χ1) is 16.4. The molecule has 0 aliphatic rings. The van der Waals surface area contributed by atoms with Gasteiger partial charge >= 0.3 is 0 Å². The molecule has 0 fully saturated rings. The van der Waals surface area contributed by atoms with Crippen molar-refractivity contribution in [1.29, 1.82) is 0 Å². The summed E-state index contributed by atoms with van der Waals surface area (Å²) in [4.78, 5) is 32.9. The largest absolute Gasteiger partial charge is 0.496 e. The van der Waals surface area contributed by atoms with Crippen LogP contribution in [0.1, 0.15) is 56.7 Å². The Hall–Kier alpha value is -3.35.